The van der Waals surface area contributed by atoms with Gasteiger partial charge >= 0.3 is 0 Å². The van der Waals surface area contributed by atoms with E-state index in [-0.39, 0.29) is 17.3 Å². The minimum absolute atomic E-state index is 0.0160. The maximum Gasteiger partial charge on any atom is 0.240 e. The SMILES string of the molecule is CCOCCCNC(=O)CCc1ccc(S(=O)(=O)NCc2ccccc2)cc1. The van der Waals surface area contributed by atoms with E-state index < -0.39 is 10.0 Å². The van der Waals surface area contributed by atoms with Gasteiger partial charge in [0.15, 0.2) is 0 Å². The molecule has 28 heavy (non-hydrogen) atoms. The van der Waals surface area contributed by atoms with Crippen molar-refractivity contribution in [3.63, 3.8) is 0 Å². The molecule has 7 heteroatoms. The number of rotatable bonds is 12. The fourth-order valence-corrected chi connectivity index (χ4v) is 3.60. The number of carbonyl (C=O) groups is 1. The molecule has 2 N–H and O–H groups in total. The summed E-state index contributed by atoms with van der Waals surface area (Å²) in [4.78, 5) is 12.1. The number of sulfonamides is 1. The number of amides is 1. The van der Waals surface area contributed by atoms with Crippen LogP contribution >= 0.6 is 0 Å². The van der Waals surface area contributed by atoms with E-state index in [1.807, 2.05) is 37.3 Å². The van der Waals surface area contributed by atoms with Gasteiger partial charge in [0.2, 0.25) is 15.9 Å². The molecule has 152 valence electrons. The maximum absolute atomic E-state index is 12.4. The van der Waals surface area contributed by atoms with Crippen LogP contribution in [0.3, 0.4) is 0 Å². The Balaban J connectivity index is 1.78. The Bertz CT molecular complexity index is 821. The van der Waals surface area contributed by atoms with Gasteiger partial charge < -0.3 is 10.1 Å². The van der Waals surface area contributed by atoms with Crippen molar-refractivity contribution < 1.29 is 17.9 Å². The fraction of sp³-hybridized carbons (Fsp3) is 0.381. The van der Waals surface area contributed by atoms with Crippen molar-refractivity contribution in [1.29, 1.82) is 0 Å². The van der Waals surface area contributed by atoms with E-state index in [1.54, 1.807) is 24.3 Å². The van der Waals surface area contributed by atoms with Gasteiger partial charge in [-0.1, -0.05) is 42.5 Å². The van der Waals surface area contributed by atoms with Crippen molar-refractivity contribution in [3.05, 3.63) is 65.7 Å². The van der Waals surface area contributed by atoms with Gasteiger partial charge in [0.05, 0.1) is 4.90 Å². The molecule has 0 unspecified atom stereocenters. The van der Waals surface area contributed by atoms with E-state index in [2.05, 4.69) is 10.0 Å². The quantitative estimate of drug-likeness (QED) is 0.533. The smallest absolute Gasteiger partial charge is 0.240 e. The summed E-state index contributed by atoms with van der Waals surface area (Å²) in [6.07, 6.45) is 1.73. The lowest BCUT2D eigenvalue weighted by Gasteiger charge is -2.08. The lowest BCUT2D eigenvalue weighted by atomic mass is 10.1. The second kappa shape index (κ2) is 11.6. The number of nitrogens with one attached hydrogen (secondary N) is 2. The Kier molecular flexibility index (Phi) is 9.13. The zero-order valence-electron chi connectivity index (χ0n) is 16.2. The predicted octanol–water partition coefficient (Wildman–Crippen LogP) is 2.64. The standard InChI is InChI=1S/C21H28N2O4S/c1-2-27-16-6-15-22-21(24)14-11-18-9-12-20(13-10-18)28(25,26)23-17-19-7-4-3-5-8-19/h3-5,7-10,12-13,23H,2,6,11,14-17H2,1H3,(H,22,24). The molecule has 0 radical (unpaired) electrons. The van der Waals surface area contributed by atoms with Crippen LogP contribution in [0.1, 0.15) is 30.9 Å². The molecule has 0 atom stereocenters. The third-order valence-electron chi connectivity index (χ3n) is 4.18. The van der Waals surface area contributed by atoms with Gasteiger partial charge in [0, 0.05) is 32.7 Å². The average Bonchev–Trinajstić information content (AvgIpc) is 2.72. The van der Waals surface area contributed by atoms with Gasteiger partial charge in [-0.15, -0.1) is 0 Å². The highest BCUT2D eigenvalue weighted by Gasteiger charge is 2.13. The van der Waals surface area contributed by atoms with Crippen molar-refractivity contribution >= 4 is 15.9 Å². The van der Waals surface area contributed by atoms with Crippen LogP contribution in [0.4, 0.5) is 0 Å². The largest absolute Gasteiger partial charge is 0.382 e. The molecular weight excluding hydrogens is 376 g/mol. The summed E-state index contributed by atoms with van der Waals surface area (Å²) in [6.45, 7) is 4.11. The Morgan fingerprint density at radius 1 is 1.00 bits per heavy atom. The molecule has 0 aliphatic rings. The van der Waals surface area contributed by atoms with Crippen molar-refractivity contribution in [2.75, 3.05) is 19.8 Å². The van der Waals surface area contributed by atoms with Crippen LogP contribution < -0.4 is 10.0 Å². The van der Waals surface area contributed by atoms with Crippen LogP contribution in [-0.4, -0.2) is 34.1 Å². The van der Waals surface area contributed by atoms with Crippen molar-refractivity contribution in [2.24, 2.45) is 0 Å². The zero-order valence-corrected chi connectivity index (χ0v) is 17.0. The number of benzene rings is 2. The monoisotopic (exact) mass is 404 g/mol. The highest BCUT2D eigenvalue weighted by atomic mass is 32.2. The molecule has 0 bridgehead atoms. The molecule has 2 aromatic rings. The molecule has 0 heterocycles. The van der Waals surface area contributed by atoms with Crippen LogP contribution in [0.15, 0.2) is 59.5 Å². The highest BCUT2D eigenvalue weighted by molar-refractivity contribution is 7.89. The average molecular weight is 405 g/mol. The number of ether oxygens (including phenoxy) is 1. The second-order valence-corrected chi connectivity index (χ2v) is 8.12. The molecule has 0 aliphatic carbocycles. The Labute approximate surface area is 167 Å². The van der Waals surface area contributed by atoms with Crippen LogP contribution in [0.5, 0.6) is 0 Å². The number of hydrogen-bond acceptors (Lipinski definition) is 4. The minimum Gasteiger partial charge on any atom is -0.382 e. The van der Waals surface area contributed by atoms with E-state index in [4.69, 9.17) is 4.74 Å². The summed E-state index contributed by atoms with van der Waals surface area (Å²) >= 11 is 0. The van der Waals surface area contributed by atoms with Crippen LogP contribution in [0.25, 0.3) is 0 Å². The van der Waals surface area contributed by atoms with Crippen molar-refractivity contribution in [3.8, 4) is 0 Å². The van der Waals surface area contributed by atoms with Gasteiger partial charge in [-0.25, -0.2) is 13.1 Å². The molecule has 0 spiro atoms. The van der Waals surface area contributed by atoms with Crippen molar-refractivity contribution in [1.82, 2.24) is 10.0 Å². The predicted molar refractivity (Wildman–Crippen MR) is 109 cm³/mol. The molecule has 2 aromatic carbocycles. The maximum atomic E-state index is 12.4. The summed E-state index contributed by atoms with van der Waals surface area (Å²) in [5.74, 6) is -0.0160. The summed E-state index contributed by atoms with van der Waals surface area (Å²) in [5.41, 5.74) is 1.82. The first-order valence-electron chi connectivity index (χ1n) is 9.48. The third-order valence-corrected chi connectivity index (χ3v) is 5.59. The van der Waals surface area contributed by atoms with Crippen LogP contribution in [-0.2, 0) is 32.5 Å². The topological polar surface area (TPSA) is 84.5 Å². The molecular formula is C21H28N2O4S. The molecule has 0 fully saturated rings. The molecule has 0 aromatic heterocycles. The van der Waals surface area contributed by atoms with E-state index in [9.17, 15) is 13.2 Å². The van der Waals surface area contributed by atoms with Gasteiger partial charge in [0.1, 0.15) is 0 Å². The summed E-state index contributed by atoms with van der Waals surface area (Å²) in [7, 11) is -3.57. The zero-order chi connectivity index (χ0) is 20.2. The van der Waals surface area contributed by atoms with E-state index in [0.29, 0.717) is 32.6 Å². The Hall–Kier alpha value is -2.22. The Morgan fingerprint density at radius 3 is 2.39 bits per heavy atom. The first-order chi connectivity index (χ1) is 13.5. The fourth-order valence-electron chi connectivity index (χ4n) is 2.59. The van der Waals surface area contributed by atoms with Crippen LogP contribution in [0.2, 0.25) is 0 Å². The van der Waals surface area contributed by atoms with E-state index >= 15 is 0 Å². The van der Waals surface area contributed by atoms with Gasteiger partial charge in [-0.05, 0) is 43.0 Å². The van der Waals surface area contributed by atoms with E-state index in [0.717, 1.165) is 17.5 Å². The number of carbonyl (C=O) groups excluding carboxylic acids is 1. The molecule has 6 nitrogen and oxygen atoms in total. The lowest BCUT2D eigenvalue weighted by Crippen LogP contribution is -2.25. The van der Waals surface area contributed by atoms with Crippen molar-refractivity contribution in [2.45, 2.75) is 37.6 Å². The first kappa shape index (κ1) is 22.1. The summed E-state index contributed by atoms with van der Waals surface area (Å²) in [6, 6.07) is 16.0. The second-order valence-electron chi connectivity index (χ2n) is 6.35. The minimum atomic E-state index is -3.57. The lowest BCUT2D eigenvalue weighted by molar-refractivity contribution is -0.121. The van der Waals surface area contributed by atoms with Gasteiger partial charge in [-0.3, -0.25) is 4.79 Å². The van der Waals surface area contributed by atoms with Gasteiger partial charge in [0.25, 0.3) is 0 Å². The molecule has 2 rings (SSSR count). The Morgan fingerprint density at radius 2 is 1.71 bits per heavy atom. The molecule has 0 saturated heterocycles. The van der Waals surface area contributed by atoms with Crippen LogP contribution in [0, 0.1) is 0 Å². The number of hydrogen-bond donors (Lipinski definition) is 2. The molecule has 0 saturated carbocycles. The van der Waals surface area contributed by atoms with E-state index in [1.165, 1.54) is 0 Å². The molecule has 1 amide bonds. The summed E-state index contributed by atoms with van der Waals surface area (Å²) in [5, 5.41) is 2.85. The first-order valence-corrected chi connectivity index (χ1v) is 11.0. The summed E-state index contributed by atoms with van der Waals surface area (Å²) < 4.78 is 32.6. The normalized spacial score (nSPS) is 11.3. The van der Waals surface area contributed by atoms with Gasteiger partial charge in [-0.2, -0.15) is 0 Å². The highest BCUT2D eigenvalue weighted by Crippen LogP contribution is 2.12. The third kappa shape index (κ3) is 7.80. The molecule has 0 aliphatic heterocycles. The number of aryl methyl sites for hydroxylation is 1.